The molecule has 0 spiro atoms. The zero-order valence-electron chi connectivity index (χ0n) is 19.7. The van der Waals surface area contributed by atoms with E-state index < -0.39 is 0 Å². The van der Waals surface area contributed by atoms with Crippen LogP contribution in [0.15, 0.2) is 54.7 Å². The largest absolute Gasteiger partial charge is 0.491 e. The number of rotatable bonds is 10. The summed E-state index contributed by atoms with van der Waals surface area (Å²) < 4.78 is 18.7. The molecule has 3 aromatic rings. The molecule has 0 bridgehead atoms. The molecular weight excluding hydrogens is 416 g/mol. The molecule has 1 fully saturated rings. The van der Waals surface area contributed by atoms with E-state index in [4.69, 9.17) is 14.2 Å². The summed E-state index contributed by atoms with van der Waals surface area (Å²) in [7, 11) is 1.39. The minimum Gasteiger partial charge on any atom is -0.491 e. The Labute approximate surface area is 196 Å². The average molecular weight is 451 g/mol. The molecule has 0 saturated carbocycles. The lowest BCUT2D eigenvalue weighted by Gasteiger charge is -2.31. The van der Waals surface area contributed by atoms with E-state index >= 15 is 0 Å². The van der Waals surface area contributed by atoms with Crippen molar-refractivity contribution >= 4 is 16.9 Å². The third-order valence-electron chi connectivity index (χ3n) is 6.48. The van der Waals surface area contributed by atoms with Crippen LogP contribution in [0.5, 0.6) is 5.75 Å². The van der Waals surface area contributed by atoms with Crippen LogP contribution >= 0.6 is 0 Å². The molecule has 0 atom stereocenters. The maximum atomic E-state index is 11.9. The van der Waals surface area contributed by atoms with Gasteiger partial charge in [0.2, 0.25) is 0 Å². The van der Waals surface area contributed by atoms with E-state index in [0.717, 1.165) is 52.2 Å². The molecule has 2 heterocycles. The number of hydrogen-bond acceptors (Lipinski definition) is 5. The number of likely N-dealkylation sites (tertiary alicyclic amines) is 1. The molecule has 0 amide bonds. The van der Waals surface area contributed by atoms with Crippen LogP contribution in [0.1, 0.15) is 41.6 Å². The van der Waals surface area contributed by atoms with Crippen molar-refractivity contribution in [3.8, 4) is 5.75 Å². The van der Waals surface area contributed by atoms with E-state index in [1.807, 2.05) is 25.1 Å². The van der Waals surface area contributed by atoms with Gasteiger partial charge in [-0.3, -0.25) is 4.90 Å². The second-order valence-electron chi connectivity index (χ2n) is 8.44. The fourth-order valence-electron chi connectivity index (χ4n) is 4.72. The lowest BCUT2D eigenvalue weighted by atomic mass is 9.89. The van der Waals surface area contributed by atoms with Crippen molar-refractivity contribution in [3.05, 3.63) is 65.9 Å². The predicted octanol–water partition coefficient (Wildman–Crippen LogP) is 4.72. The van der Waals surface area contributed by atoms with Gasteiger partial charge in [-0.1, -0.05) is 30.3 Å². The second-order valence-corrected chi connectivity index (χ2v) is 8.44. The molecule has 0 unspecified atom stereocenters. The highest BCUT2D eigenvalue weighted by molar-refractivity contribution is 5.92. The summed E-state index contributed by atoms with van der Waals surface area (Å²) in [6.45, 7) is 7.91. The van der Waals surface area contributed by atoms with Crippen LogP contribution in [0.4, 0.5) is 0 Å². The molecule has 0 N–H and O–H groups in total. The van der Waals surface area contributed by atoms with Crippen LogP contribution in [0.3, 0.4) is 0 Å². The first-order valence-electron chi connectivity index (χ1n) is 11.9. The minimum absolute atomic E-state index is 0.369. The van der Waals surface area contributed by atoms with Crippen molar-refractivity contribution in [1.29, 1.82) is 0 Å². The summed E-state index contributed by atoms with van der Waals surface area (Å²) >= 11 is 0. The van der Waals surface area contributed by atoms with Gasteiger partial charge in [-0.15, -0.1) is 0 Å². The minimum atomic E-state index is -0.369. The van der Waals surface area contributed by atoms with Crippen molar-refractivity contribution in [2.45, 2.75) is 32.2 Å². The van der Waals surface area contributed by atoms with Gasteiger partial charge in [-0.25, -0.2) is 4.79 Å². The number of piperidine rings is 1. The molecule has 1 aromatic heterocycles. The molecule has 1 aliphatic rings. The fraction of sp³-hybridized carbons (Fsp3) is 0.444. The highest BCUT2D eigenvalue weighted by Gasteiger charge is 2.24. The molecule has 6 heteroatoms. The van der Waals surface area contributed by atoms with Gasteiger partial charge in [0, 0.05) is 36.8 Å². The van der Waals surface area contributed by atoms with Gasteiger partial charge in [0.1, 0.15) is 17.9 Å². The van der Waals surface area contributed by atoms with Crippen LogP contribution in [0.25, 0.3) is 10.9 Å². The number of methoxy groups -OCH3 is 1. The topological polar surface area (TPSA) is 52.9 Å². The summed E-state index contributed by atoms with van der Waals surface area (Å²) in [4.78, 5) is 14.4. The smallest absolute Gasteiger partial charge is 0.341 e. The van der Waals surface area contributed by atoms with E-state index in [0.29, 0.717) is 23.8 Å². The molecule has 33 heavy (non-hydrogen) atoms. The fourth-order valence-corrected chi connectivity index (χ4v) is 4.72. The maximum absolute atomic E-state index is 11.9. The number of benzene rings is 2. The quantitative estimate of drug-likeness (QED) is 0.330. The Balaban J connectivity index is 1.33. The third-order valence-corrected chi connectivity index (χ3v) is 6.48. The molecule has 4 rings (SSSR count). The molecule has 1 saturated heterocycles. The number of nitrogens with zero attached hydrogens (tertiary/aromatic N) is 2. The first-order valence-corrected chi connectivity index (χ1v) is 11.9. The Morgan fingerprint density at radius 2 is 1.76 bits per heavy atom. The monoisotopic (exact) mass is 450 g/mol. The van der Waals surface area contributed by atoms with E-state index in [1.54, 1.807) is 6.07 Å². The van der Waals surface area contributed by atoms with Gasteiger partial charge in [0.05, 0.1) is 13.7 Å². The number of ether oxygens (including phenoxy) is 3. The Bertz CT molecular complexity index is 1050. The molecule has 2 aromatic carbocycles. The molecule has 0 radical (unpaired) electrons. The summed E-state index contributed by atoms with van der Waals surface area (Å²) in [5.41, 5.74) is 3.23. The van der Waals surface area contributed by atoms with Gasteiger partial charge >= 0.3 is 5.97 Å². The van der Waals surface area contributed by atoms with Crippen LogP contribution < -0.4 is 4.74 Å². The predicted molar refractivity (Wildman–Crippen MR) is 130 cm³/mol. The molecular formula is C27H34N2O4. The van der Waals surface area contributed by atoms with Gasteiger partial charge in [-0.05, 0) is 62.5 Å². The van der Waals surface area contributed by atoms with Crippen molar-refractivity contribution in [3.63, 3.8) is 0 Å². The third kappa shape index (κ3) is 5.57. The summed E-state index contributed by atoms with van der Waals surface area (Å²) in [6.07, 6.45) is 4.62. The van der Waals surface area contributed by atoms with E-state index in [-0.39, 0.29) is 5.97 Å². The lowest BCUT2D eigenvalue weighted by Crippen LogP contribution is -2.35. The van der Waals surface area contributed by atoms with Gasteiger partial charge in [0.25, 0.3) is 0 Å². The Hall–Kier alpha value is -2.83. The van der Waals surface area contributed by atoms with E-state index in [1.165, 1.54) is 23.6 Å². The first kappa shape index (κ1) is 23.3. The van der Waals surface area contributed by atoms with Crippen LogP contribution in [-0.2, 0) is 16.0 Å². The highest BCUT2D eigenvalue weighted by atomic mass is 16.5. The van der Waals surface area contributed by atoms with E-state index in [2.05, 4.69) is 39.9 Å². The molecule has 176 valence electrons. The zero-order valence-corrected chi connectivity index (χ0v) is 19.7. The Morgan fingerprint density at radius 1 is 1.00 bits per heavy atom. The zero-order chi connectivity index (χ0) is 23.0. The SMILES string of the molecule is CCOCCn1cc(C2CCN(CCOc3ccccc3C(=O)OC)CC2)c2ccccc21. The number of aromatic nitrogens is 1. The molecule has 6 nitrogen and oxygen atoms in total. The number of hydrogen-bond donors (Lipinski definition) is 0. The van der Waals surface area contributed by atoms with Gasteiger partial charge < -0.3 is 18.8 Å². The van der Waals surface area contributed by atoms with Crippen LogP contribution in [0, 0.1) is 0 Å². The normalized spacial score (nSPS) is 15.1. The number of fused-ring (bicyclic) bond motifs is 1. The average Bonchev–Trinajstić information content (AvgIpc) is 3.23. The summed E-state index contributed by atoms with van der Waals surface area (Å²) in [6, 6.07) is 16.0. The van der Waals surface area contributed by atoms with Crippen molar-refractivity contribution in [1.82, 2.24) is 9.47 Å². The van der Waals surface area contributed by atoms with Crippen molar-refractivity contribution in [2.75, 3.05) is 46.6 Å². The maximum Gasteiger partial charge on any atom is 0.341 e. The second kappa shape index (κ2) is 11.3. The van der Waals surface area contributed by atoms with Crippen LogP contribution in [-0.4, -0.2) is 62.0 Å². The Kier molecular flexibility index (Phi) is 8.02. The number of carbonyl (C=O) groups is 1. The van der Waals surface area contributed by atoms with Gasteiger partial charge in [0.15, 0.2) is 0 Å². The lowest BCUT2D eigenvalue weighted by molar-refractivity contribution is 0.0595. The number of esters is 1. The molecule has 1 aliphatic heterocycles. The standard InChI is InChI=1S/C27H34N2O4/c1-3-32-18-17-29-20-24(22-8-4-6-10-25(22)29)21-12-14-28(15-13-21)16-19-33-26-11-7-5-9-23(26)27(30)31-2/h4-11,20-21H,3,12-19H2,1-2H3. The van der Waals surface area contributed by atoms with Gasteiger partial charge in [-0.2, -0.15) is 0 Å². The Morgan fingerprint density at radius 3 is 2.55 bits per heavy atom. The first-order chi connectivity index (χ1) is 16.2. The van der Waals surface area contributed by atoms with Crippen molar-refractivity contribution < 1.29 is 19.0 Å². The van der Waals surface area contributed by atoms with Crippen molar-refractivity contribution in [2.24, 2.45) is 0 Å². The van der Waals surface area contributed by atoms with E-state index in [9.17, 15) is 4.79 Å². The summed E-state index contributed by atoms with van der Waals surface area (Å²) in [5, 5.41) is 1.37. The van der Waals surface area contributed by atoms with Crippen LogP contribution in [0.2, 0.25) is 0 Å². The number of para-hydroxylation sites is 2. The number of carbonyl (C=O) groups excluding carboxylic acids is 1. The molecule has 0 aliphatic carbocycles. The summed E-state index contributed by atoms with van der Waals surface area (Å²) in [5.74, 6) is 0.784. The highest BCUT2D eigenvalue weighted by Crippen LogP contribution is 2.34.